The fourth-order valence-corrected chi connectivity index (χ4v) is 7.52. The zero-order chi connectivity index (χ0) is 32.3. The van der Waals surface area contributed by atoms with Crippen molar-refractivity contribution in [3.63, 3.8) is 0 Å². The molecule has 0 spiro atoms. The van der Waals surface area contributed by atoms with E-state index in [1.807, 2.05) is 0 Å². The third-order valence-corrected chi connectivity index (χ3v) is 11.1. The van der Waals surface area contributed by atoms with Gasteiger partial charge >= 0.3 is 0 Å². The standard InChI is InChI=1S/C28H48O16/c1-27(2)10-4-5-28(27,3)14(6-10)43-26-23(44-25-22(38)19(35)16(32)12(8-30)41-25)20(36)17(33)13(42-26)9-39-24-21(37)18(34)15(31)11(7-29)40-24/h10-26,29-38H,4-9H2,1-3H3/t10-,11+,12+,13+,14+,15+,16+,17+,18-,19-,20-,21+,22+,23+,24+,25-,26-,28+/m0/s1. The van der Waals surface area contributed by atoms with Crippen molar-refractivity contribution in [1.29, 1.82) is 0 Å². The first-order valence-electron chi connectivity index (χ1n) is 15.2. The van der Waals surface area contributed by atoms with Crippen LogP contribution < -0.4 is 0 Å². The van der Waals surface area contributed by atoms with Crippen molar-refractivity contribution in [1.82, 2.24) is 0 Å². The van der Waals surface area contributed by atoms with Crippen LogP contribution in [0, 0.1) is 16.7 Å². The van der Waals surface area contributed by atoms with E-state index in [9.17, 15) is 51.1 Å². The van der Waals surface area contributed by atoms with E-state index in [4.69, 9.17) is 28.4 Å². The second-order valence-corrected chi connectivity index (χ2v) is 13.6. The van der Waals surface area contributed by atoms with Crippen molar-refractivity contribution in [2.75, 3.05) is 19.8 Å². The molecule has 44 heavy (non-hydrogen) atoms. The van der Waals surface area contributed by atoms with Gasteiger partial charge in [-0.25, -0.2) is 0 Å². The fourth-order valence-electron chi connectivity index (χ4n) is 7.52. The Morgan fingerprint density at radius 2 is 1.14 bits per heavy atom. The molecule has 3 heterocycles. The van der Waals surface area contributed by atoms with Crippen LogP contribution in [0.3, 0.4) is 0 Å². The molecule has 256 valence electrons. The molecule has 0 radical (unpaired) electrons. The predicted octanol–water partition coefficient (Wildman–Crippen LogP) is -4.33. The lowest BCUT2D eigenvalue weighted by Gasteiger charge is -2.48. The monoisotopic (exact) mass is 640 g/mol. The maximum atomic E-state index is 11.3. The summed E-state index contributed by atoms with van der Waals surface area (Å²) in [4.78, 5) is 0. The summed E-state index contributed by atoms with van der Waals surface area (Å²) in [5.74, 6) is 0.367. The van der Waals surface area contributed by atoms with Gasteiger partial charge in [0, 0.05) is 0 Å². The molecular weight excluding hydrogens is 592 g/mol. The summed E-state index contributed by atoms with van der Waals surface area (Å²) in [6.45, 7) is 4.60. The van der Waals surface area contributed by atoms with Gasteiger partial charge in [0.1, 0.15) is 73.2 Å². The van der Waals surface area contributed by atoms with E-state index in [1.165, 1.54) is 0 Å². The Kier molecular flexibility index (Phi) is 10.3. The second-order valence-electron chi connectivity index (χ2n) is 13.6. The van der Waals surface area contributed by atoms with Crippen molar-refractivity contribution in [3.05, 3.63) is 0 Å². The molecule has 10 N–H and O–H groups in total. The third kappa shape index (κ3) is 5.85. The number of aliphatic hydroxyl groups is 10. The van der Waals surface area contributed by atoms with Crippen LogP contribution in [-0.2, 0) is 28.4 Å². The molecule has 18 atom stereocenters. The van der Waals surface area contributed by atoms with E-state index in [-0.39, 0.29) is 16.9 Å². The van der Waals surface area contributed by atoms with Gasteiger partial charge in [-0.3, -0.25) is 0 Å². The SMILES string of the molecule is CC1(C)[C@H]2CC[C@]1(C)[C@H](O[C@@H]1O[C@H](CO[C@@H]3O[C@H](CO)[C@@H](O)[C@H](O)[C@H]3O)[C@@H](O)[C@H](O)[C@H]1O[C@@H]1O[C@H](CO)[C@@H](O)[C@H](O)[C@H]1O)C2. The highest BCUT2D eigenvalue weighted by atomic mass is 16.8. The molecule has 0 amide bonds. The van der Waals surface area contributed by atoms with Gasteiger partial charge in [-0.2, -0.15) is 0 Å². The first-order valence-corrected chi connectivity index (χ1v) is 15.2. The Morgan fingerprint density at radius 1 is 0.614 bits per heavy atom. The smallest absolute Gasteiger partial charge is 0.187 e. The van der Waals surface area contributed by atoms with Gasteiger partial charge in [-0.15, -0.1) is 0 Å². The molecule has 2 saturated carbocycles. The average molecular weight is 641 g/mol. The van der Waals surface area contributed by atoms with Crippen molar-refractivity contribution in [2.24, 2.45) is 16.7 Å². The number of hydrogen-bond donors (Lipinski definition) is 10. The van der Waals surface area contributed by atoms with E-state index >= 15 is 0 Å². The minimum Gasteiger partial charge on any atom is -0.394 e. The molecule has 5 fully saturated rings. The van der Waals surface area contributed by atoms with Crippen molar-refractivity contribution < 1.29 is 79.5 Å². The highest BCUT2D eigenvalue weighted by molar-refractivity contribution is 5.11. The van der Waals surface area contributed by atoms with Crippen molar-refractivity contribution in [3.8, 4) is 0 Å². The van der Waals surface area contributed by atoms with Gasteiger partial charge in [0.25, 0.3) is 0 Å². The molecule has 3 aliphatic heterocycles. The second kappa shape index (κ2) is 13.1. The Balaban J connectivity index is 1.35. The number of rotatable bonds is 9. The quantitative estimate of drug-likeness (QED) is 0.114. The van der Waals surface area contributed by atoms with E-state index in [1.54, 1.807) is 0 Å². The van der Waals surface area contributed by atoms with Crippen molar-refractivity contribution >= 4 is 0 Å². The van der Waals surface area contributed by atoms with E-state index in [0.717, 1.165) is 12.8 Å². The normalized spacial score (nSPS) is 54.1. The molecule has 5 rings (SSSR count). The lowest BCUT2D eigenvalue weighted by molar-refractivity contribution is -0.379. The topological polar surface area (TPSA) is 258 Å². The summed E-state index contributed by atoms with van der Waals surface area (Å²) in [6.07, 6.45) is -21.2. The summed E-state index contributed by atoms with van der Waals surface area (Å²) in [6, 6.07) is 0. The van der Waals surface area contributed by atoms with Crippen LogP contribution in [0.1, 0.15) is 40.0 Å². The van der Waals surface area contributed by atoms with Gasteiger partial charge in [0.2, 0.25) is 0 Å². The summed E-state index contributed by atoms with van der Waals surface area (Å²) in [5, 5.41) is 103. The molecule has 0 unspecified atom stereocenters. The van der Waals surface area contributed by atoms with Crippen LogP contribution in [0.15, 0.2) is 0 Å². The van der Waals surface area contributed by atoms with E-state index in [0.29, 0.717) is 12.3 Å². The molecule has 2 bridgehead atoms. The van der Waals surface area contributed by atoms with Crippen LogP contribution in [0.5, 0.6) is 0 Å². The number of fused-ring (bicyclic) bond motifs is 2. The summed E-state index contributed by atoms with van der Waals surface area (Å²) in [5.41, 5.74) is -0.332. The Labute approximate surface area is 254 Å². The molecule has 5 aliphatic rings. The Morgan fingerprint density at radius 3 is 1.66 bits per heavy atom. The highest BCUT2D eigenvalue weighted by Crippen LogP contribution is 2.66. The van der Waals surface area contributed by atoms with Crippen LogP contribution >= 0.6 is 0 Å². The van der Waals surface area contributed by atoms with Gasteiger partial charge in [-0.05, 0) is 36.0 Å². The van der Waals surface area contributed by atoms with Gasteiger partial charge in [0.05, 0.1) is 25.9 Å². The maximum absolute atomic E-state index is 11.3. The predicted molar refractivity (Wildman–Crippen MR) is 143 cm³/mol. The lowest BCUT2D eigenvalue weighted by atomic mass is 9.70. The molecule has 0 aromatic carbocycles. The zero-order valence-electron chi connectivity index (χ0n) is 25.0. The van der Waals surface area contributed by atoms with Gasteiger partial charge < -0.3 is 79.5 Å². The lowest BCUT2D eigenvalue weighted by Crippen LogP contribution is -2.65. The number of aliphatic hydroxyl groups excluding tert-OH is 10. The minimum absolute atomic E-state index is 0.0658. The first kappa shape index (κ1) is 34.7. The van der Waals surface area contributed by atoms with Crippen molar-refractivity contribution in [2.45, 2.75) is 138 Å². The average Bonchev–Trinajstić information content (AvgIpc) is 3.33. The van der Waals surface area contributed by atoms with Gasteiger partial charge in [0.15, 0.2) is 18.9 Å². The molecule has 0 aromatic rings. The zero-order valence-corrected chi connectivity index (χ0v) is 25.0. The van der Waals surface area contributed by atoms with Gasteiger partial charge in [-0.1, -0.05) is 20.8 Å². The molecular formula is C28H48O16. The summed E-state index contributed by atoms with van der Waals surface area (Å²) < 4.78 is 34.9. The maximum Gasteiger partial charge on any atom is 0.187 e. The van der Waals surface area contributed by atoms with Crippen LogP contribution in [0.2, 0.25) is 0 Å². The molecule has 2 aliphatic carbocycles. The Bertz CT molecular complexity index is 966. The largest absolute Gasteiger partial charge is 0.394 e. The first-order chi connectivity index (χ1) is 20.7. The van der Waals surface area contributed by atoms with Crippen LogP contribution in [0.4, 0.5) is 0 Å². The summed E-state index contributed by atoms with van der Waals surface area (Å²) >= 11 is 0. The Hall–Kier alpha value is -0.640. The molecule has 16 heteroatoms. The highest BCUT2D eigenvalue weighted by Gasteiger charge is 2.63. The van der Waals surface area contributed by atoms with E-state index < -0.39 is 112 Å². The minimum atomic E-state index is -1.79. The molecule has 3 saturated heterocycles. The van der Waals surface area contributed by atoms with Crippen LogP contribution in [0.25, 0.3) is 0 Å². The number of ether oxygens (including phenoxy) is 6. The summed E-state index contributed by atoms with van der Waals surface area (Å²) in [7, 11) is 0. The fraction of sp³-hybridized carbons (Fsp3) is 1.00. The molecule has 0 aromatic heterocycles. The van der Waals surface area contributed by atoms with E-state index in [2.05, 4.69) is 20.8 Å². The molecule has 16 nitrogen and oxygen atoms in total. The van der Waals surface area contributed by atoms with Crippen LogP contribution in [-0.4, -0.2) is 169 Å². The number of hydrogen-bond acceptors (Lipinski definition) is 16. The third-order valence-electron chi connectivity index (χ3n) is 11.1.